The number of aromatic nitrogens is 3. The van der Waals surface area contributed by atoms with Gasteiger partial charge in [-0.05, 0) is 75.1 Å². The highest BCUT2D eigenvalue weighted by atomic mass is 31.2. The van der Waals surface area contributed by atoms with Crippen molar-refractivity contribution < 1.29 is 38.1 Å². The van der Waals surface area contributed by atoms with Gasteiger partial charge in [0.15, 0.2) is 11.4 Å². The van der Waals surface area contributed by atoms with Gasteiger partial charge >= 0.3 is 13.7 Å². The number of hydrogen-bond donors (Lipinski definition) is 4. The molecule has 244 valence electrons. The molecule has 3 aliphatic rings. The fourth-order valence-electron chi connectivity index (χ4n) is 6.76. The molecule has 0 radical (unpaired) electrons. The predicted octanol–water partition coefficient (Wildman–Crippen LogP) is 3.95. The van der Waals surface area contributed by atoms with E-state index >= 15 is 0 Å². The number of benzene rings is 1. The Hall–Kier alpha value is -3.06. The summed E-state index contributed by atoms with van der Waals surface area (Å²) in [6, 6.07) is 10.6. The molecule has 1 saturated heterocycles. The van der Waals surface area contributed by atoms with Crippen molar-refractivity contribution in [1.82, 2.24) is 19.7 Å². The molecule has 1 aromatic carbocycles. The number of fused-ring (bicyclic) bond motifs is 2. The molecule has 1 unspecified atom stereocenters. The lowest BCUT2D eigenvalue weighted by molar-refractivity contribution is -0.153. The third-order valence-electron chi connectivity index (χ3n) is 9.62. The van der Waals surface area contributed by atoms with E-state index in [0.717, 1.165) is 25.7 Å². The molecular weight excluding hydrogens is 601 g/mol. The molecule has 14 heteroatoms. The number of rotatable bonds is 9. The summed E-state index contributed by atoms with van der Waals surface area (Å²) < 4.78 is 39.5. The average Bonchev–Trinajstić information content (AvgIpc) is 3.25. The molecule has 0 bridgehead atoms. The molecule has 3 heterocycles. The number of para-hydroxylation sites is 1. The molecule has 1 aliphatic heterocycles. The van der Waals surface area contributed by atoms with Crippen LogP contribution in [0.1, 0.15) is 72.1 Å². The minimum absolute atomic E-state index is 0.194. The highest BCUT2D eigenvalue weighted by Crippen LogP contribution is 2.68. The maximum Gasteiger partial charge on any atom is 0.459 e. The lowest BCUT2D eigenvalue weighted by atomic mass is 9.72. The van der Waals surface area contributed by atoms with Crippen molar-refractivity contribution >= 4 is 25.1 Å². The van der Waals surface area contributed by atoms with Crippen molar-refractivity contribution in [3.63, 3.8) is 0 Å². The molecule has 7 atom stereocenters. The largest absolute Gasteiger partial charge is 0.461 e. The normalized spacial score (nSPS) is 33.3. The zero-order chi connectivity index (χ0) is 32.4. The van der Waals surface area contributed by atoms with E-state index in [0.29, 0.717) is 17.1 Å². The number of nitrogens with one attached hydrogen (secondary N) is 1. The second-order valence-corrected chi connectivity index (χ2v) is 15.3. The molecule has 3 aromatic rings. The van der Waals surface area contributed by atoms with Crippen LogP contribution in [-0.4, -0.2) is 66.3 Å². The first-order valence-electron chi connectivity index (χ1n) is 15.3. The molecule has 45 heavy (non-hydrogen) atoms. The Balaban J connectivity index is 1.17. The molecule has 0 spiro atoms. The summed E-state index contributed by atoms with van der Waals surface area (Å²) in [5.74, 6) is 0.429. The number of anilines is 1. The smallest absolute Gasteiger partial charge is 0.459 e. The fraction of sp³-hybridized carbons (Fsp3) is 0.581. The zero-order valence-corrected chi connectivity index (χ0v) is 27.0. The minimum atomic E-state index is -4.37. The standard InChI is InChI=1S/C31H42N5O8P/c1-18(27(38)41-20-13-11-19(12-14-20)29(2,3)4)35-45(40,43-21-9-7-6-8-10-21)44-28-30(5)31(28,39)25(37)24(42-30)22-15-16-23-26(32)33-17-34-36(22)23/h6-10,15-20,24-25,28,37,39H,11-14H2,1-5H3,(H,35,40)(H2,32,33,34)/t18-,19-,20-,24-,25-,28?,30+,31+,45-/m0/s1. The Morgan fingerprint density at radius 2 is 1.87 bits per heavy atom. The van der Waals surface area contributed by atoms with Crippen molar-refractivity contribution in [3.8, 4) is 5.75 Å². The number of aliphatic hydroxyl groups excluding tert-OH is 1. The van der Waals surface area contributed by atoms with Gasteiger partial charge in [0.05, 0.1) is 5.69 Å². The summed E-state index contributed by atoms with van der Waals surface area (Å²) >= 11 is 0. The number of nitrogens with zero attached hydrogens (tertiary/aromatic N) is 3. The highest BCUT2D eigenvalue weighted by molar-refractivity contribution is 7.52. The number of nitrogens with two attached hydrogens (primary N) is 1. The van der Waals surface area contributed by atoms with Crippen LogP contribution in [0.4, 0.5) is 5.82 Å². The Morgan fingerprint density at radius 3 is 2.49 bits per heavy atom. The van der Waals surface area contributed by atoms with Gasteiger partial charge in [0.1, 0.15) is 53.7 Å². The van der Waals surface area contributed by atoms with Gasteiger partial charge in [0.25, 0.3) is 0 Å². The summed E-state index contributed by atoms with van der Waals surface area (Å²) in [6.45, 7) is 9.75. The number of hydrogen-bond acceptors (Lipinski definition) is 11. The molecule has 2 saturated carbocycles. The first-order chi connectivity index (χ1) is 21.2. The van der Waals surface area contributed by atoms with Crippen LogP contribution < -0.4 is 15.3 Å². The van der Waals surface area contributed by atoms with Gasteiger partial charge < -0.3 is 29.9 Å². The van der Waals surface area contributed by atoms with Gasteiger partial charge in [0.2, 0.25) is 0 Å². The summed E-state index contributed by atoms with van der Waals surface area (Å²) in [6.07, 6.45) is 0.737. The summed E-state index contributed by atoms with van der Waals surface area (Å²) in [5.41, 5.74) is 3.69. The topological polar surface area (TPSA) is 180 Å². The van der Waals surface area contributed by atoms with Crippen molar-refractivity contribution in [2.45, 2.75) is 102 Å². The summed E-state index contributed by atoms with van der Waals surface area (Å²) in [4.78, 5) is 17.1. The quantitative estimate of drug-likeness (QED) is 0.195. The van der Waals surface area contributed by atoms with E-state index in [1.165, 1.54) is 17.8 Å². The van der Waals surface area contributed by atoms with Crippen molar-refractivity contribution in [2.24, 2.45) is 11.3 Å². The van der Waals surface area contributed by atoms with Crippen molar-refractivity contribution in [2.75, 3.05) is 5.73 Å². The van der Waals surface area contributed by atoms with Crippen LogP contribution in [0.25, 0.3) is 5.52 Å². The van der Waals surface area contributed by atoms with Crippen LogP contribution in [0.2, 0.25) is 0 Å². The van der Waals surface area contributed by atoms with Crippen LogP contribution in [0, 0.1) is 11.3 Å². The SMILES string of the molecule is C[C@H](N[P@](=O)(Oc1ccccc1)OC1[C@@]2(C)O[C@@H](c3ccc4c(N)ncnn34)[C@H](O)[C@@]12O)C(=O)O[C@H]1CC[C@H](C(C)(C)C)CC1. The van der Waals surface area contributed by atoms with E-state index in [2.05, 4.69) is 35.9 Å². The van der Waals surface area contributed by atoms with Crippen LogP contribution in [-0.2, 0) is 23.4 Å². The van der Waals surface area contributed by atoms with Gasteiger partial charge in [-0.15, -0.1) is 0 Å². The molecule has 3 fully saturated rings. The third kappa shape index (κ3) is 5.64. The van der Waals surface area contributed by atoms with E-state index in [9.17, 15) is 19.6 Å². The number of nitrogen functional groups attached to an aromatic ring is 1. The molecular formula is C31H42N5O8P. The Morgan fingerprint density at radius 1 is 1.18 bits per heavy atom. The first kappa shape index (κ1) is 31.9. The van der Waals surface area contributed by atoms with Gasteiger partial charge in [-0.2, -0.15) is 10.2 Å². The van der Waals surface area contributed by atoms with Crippen LogP contribution >= 0.6 is 7.75 Å². The number of carbonyl (C=O) groups is 1. The van der Waals surface area contributed by atoms with Gasteiger partial charge in [-0.3, -0.25) is 9.32 Å². The lowest BCUT2D eigenvalue weighted by Crippen LogP contribution is -2.40. The Kier molecular flexibility index (Phi) is 8.03. The molecule has 2 aromatic heterocycles. The number of esters is 1. The number of aliphatic hydroxyl groups is 2. The monoisotopic (exact) mass is 643 g/mol. The van der Waals surface area contributed by atoms with Gasteiger partial charge in [-0.25, -0.2) is 14.1 Å². The van der Waals surface area contributed by atoms with Crippen molar-refractivity contribution in [1.29, 1.82) is 0 Å². The number of carbonyl (C=O) groups excluding carboxylic acids is 1. The zero-order valence-electron chi connectivity index (χ0n) is 26.1. The van der Waals surface area contributed by atoms with E-state index in [1.807, 2.05) is 0 Å². The maximum absolute atomic E-state index is 14.3. The van der Waals surface area contributed by atoms with Crippen LogP contribution in [0.5, 0.6) is 5.75 Å². The number of ether oxygens (including phenoxy) is 2. The van der Waals surface area contributed by atoms with E-state index < -0.39 is 49.3 Å². The second kappa shape index (κ2) is 11.3. The Labute approximate surface area is 262 Å². The third-order valence-corrected chi connectivity index (χ3v) is 11.3. The highest BCUT2D eigenvalue weighted by Gasteiger charge is 2.87. The first-order valence-corrected chi connectivity index (χ1v) is 16.9. The van der Waals surface area contributed by atoms with E-state index in [-0.39, 0.29) is 23.1 Å². The van der Waals surface area contributed by atoms with Crippen LogP contribution in [0.3, 0.4) is 0 Å². The van der Waals surface area contributed by atoms with Crippen molar-refractivity contribution in [3.05, 3.63) is 54.5 Å². The maximum atomic E-state index is 14.3. The summed E-state index contributed by atoms with van der Waals surface area (Å²) in [7, 11) is -4.37. The average molecular weight is 644 g/mol. The van der Waals surface area contributed by atoms with Crippen LogP contribution in [0.15, 0.2) is 48.8 Å². The van der Waals surface area contributed by atoms with E-state index in [1.54, 1.807) is 49.4 Å². The Bertz CT molecular complexity index is 1610. The van der Waals surface area contributed by atoms with Gasteiger partial charge in [0, 0.05) is 0 Å². The molecule has 2 aliphatic carbocycles. The molecule has 13 nitrogen and oxygen atoms in total. The lowest BCUT2D eigenvalue weighted by Gasteiger charge is -2.37. The fourth-order valence-corrected chi connectivity index (χ4v) is 8.53. The molecule has 5 N–H and O–H groups in total. The minimum Gasteiger partial charge on any atom is -0.461 e. The molecule has 6 rings (SSSR count). The molecule has 0 amide bonds. The summed E-state index contributed by atoms with van der Waals surface area (Å²) in [5, 5.41) is 29.9. The van der Waals surface area contributed by atoms with E-state index in [4.69, 9.17) is 24.3 Å². The second-order valence-electron chi connectivity index (χ2n) is 13.6. The predicted molar refractivity (Wildman–Crippen MR) is 164 cm³/mol. The van der Waals surface area contributed by atoms with Gasteiger partial charge in [-0.1, -0.05) is 39.0 Å².